The van der Waals surface area contributed by atoms with Crippen molar-refractivity contribution in [2.24, 2.45) is 5.73 Å². The highest BCUT2D eigenvalue weighted by molar-refractivity contribution is 7.91. The molecule has 0 aliphatic carbocycles. The summed E-state index contributed by atoms with van der Waals surface area (Å²) in [6.07, 6.45) is 4.31. The van der Waals surface area contributed by atoms with E-state index < -0.39 is 9.84 Å². The van der Waals surface area contributed by atoms with Crippen molar-refractivity contribution in [3.63, 3.8) is 0 Å². The van der Waals surface area contributed by atoms with Crippen LogP contribution in [0, 0.1) is 5.82 Å². The summed E-state index contributed by atoms with van der Waals surface area (Å²) in [6.45, 7) is 0.180. The second-order valence-corrected chi connectivity index (χ2v) is 10.1. The maximum absolute atomic E-state index is 13.7. The maximum Gasteiger partial charge on any atom is 0.165 e. The van der Waals surface area contributed by atoms with E-state index in [9.17, 15) is 12.8 Å². The van der Waals surface area contributed by atoms with Crippen molar-refractivity contribution < 1.29 is 12.8 Å². The first-order valence-corrected chi connectivity index (χ1v) is 11.8. The number of anilines is 1. The number of pyridine rings is 1. The molecule has 0 bridgehead atoms. The number of nitrogens with zero attached hydrogens (tertiary/aromatic N) is 4. The van der Waals surface area contributed by atoms with Crippen molar-refractivity contribution in [2.75, 3.05) is 17.2 Å². The van der Waals surface area contributed by atoms with Gasteiger partial charge in [0.15, 0.2) is 5.65 Å². The van der Waals surface area contributed by atoms with Crippen molar-refractivity contribution in [1.29, 1.82) is 0 Å². The molecule has 1 aliphatic heterocycles. The minimum absolute atomic E-state index is 0.0408. The van der Waals surface area contributed by atoms with Crippen molar-refractivity contribution in [3.05, 3.63) is 53.7 Å². The smallest absolute Gasteiger partial charge is 0.165 e. The standard InChI is InChI=1S/C21H21FN6O2S/c22-15-1-2-18-13(8-15)7-14(10-25-18)17-11-26-28-20(24)16(9-23)19(27-21(17)28)12-3-5-31(29,30)6-4-12/h1-2,7-8,10-12H,3-6,9,23-24H2. The van der Waals surface area contributed by atoms with E-state index in [1.54, 1.807) is 18.5 Å². The molecule has 0 atom stereocenters. The highest BCUT2D eigenvalue weighted by Gasteiger charge is 2.29. The average Bonchev–Trinajstić information content (AvgIpc) is 3.17. The van der Waals surface area contributed by atoms with Crippen LogP contribution in [0.3, 0.4) is 0 Å². The van der Waals surface area contributed by atoms with E-state index in [1.807, 2.05) is 6.07 Å². The Kier molecular flexibility index (Phi) is 4.63. The van der Waals surface area contributed by atoms with Crippen LogP contribution in [0.1, 0.15) is 30.0 Å². The number of rotatable bonds is 3. The van der Waals surface area contributed by atoms with Gasteiger partial charge in [0.25, 0.3) is 0 Å². The molecule has 1 fully saturated rings. The number of fused-ring (bicyclic) bond motifs is 2. The first-order chi connectivity index (χ1) is 14.9. The Morgan fingerprint density at radius 3 is 2.68 bits per heavy atom. The predicted molar refractivity (Wildman–Crippen MR) is 117 cm³/mol. The van der Waals surface area contributed by atoms with Gasteiger partial charge in [0.1, 0.15) is 21.5 Å². The molecule has 0 spiro atoms. The van der Waals surface area contributed by atoms with Gasteiger partial charge < -0.3 is 11.5 Å². The van der Waals surface area contributed by atoms with Crippen molar-refractivity contribution >= 4 is 32.2 Å². The minimum Gasteiger partial charge on any atom is -0.383 e. The highest BCUT2D eigenvalue weighted by atomic mass is 32.2. The SMILES string of the molecule is NCc1c(C2CCS(=O)(=O)CC2)nc2c(-c3cnc4ccc(F)cc4c3)cnn2c1N. The van der Waals surface area contributed by atoms with Crippen LogP contribution in [-0.2, 0) is 16.4 Å². The number of hydrogen-bond donors (Lipinski definition) is 2. The van der Waals surface area contributed by atoms with E-state index >= 15 is 0 Å². The Hall–Kier alpha value is -3.11. The van der Waals surface area contributed by atoms with E-state index in [0.717, 1.165) is 11.3 Å². The Labute approximate surface area is 178 Å². The fourth-order valence-corrected chi connectivity index (χ4v) is 5.72. The van der Waals surface area contributed by atoms with Crippen LogP contribution in [0.25, 0.3) is 27.7 Å². The average molecular weight is 441 g/mol. The van der Waals surface area contributed by atoms with E-state index in [-0.39, 0.29) is 29.8 Å². The summed E-state index contributed by atoms with van der Waals surface area (Å²) in [6, 6.07) is 6.27. The van der Waals surface area contributed by atoms with Gasteiger partial charge in [-0.25, -0.2) is 17.8 Å². The van der Waals surface area contributed by atoms with Crippen LogP contribution in [-0.4, -0.2) is 39.5 Å². The van der Waals surface area contributed by atoms with Crippen LogP contribution >= 0.6 is 0 Å². The fraction of sp³-hybridized carbons (Fsp3) is 0.286. The second kappa shape index (κ2) is 7.24. The first kappa shape index (κ1) is 19.8. The van der Waals surface area contributed by atoms with Crippen molar-refractivity contribution in [2.45, 2.75) is 25.3 Å². The van der Waals surface area contributed by atoms with Crippen LogP contribution < -0.4 is 11.5 Å². The number of nitrogens with two attached hydrogens (primary N) is 2. The molecule has 0 amide bonds. The number of aromatic nitrogens is 4. The Bertz CT molecular complexity index is 1420. The van der Waals surface area contributed by atoms with Crippen LogP contribution in [0.5, 0.6) is 0 Å². The molecule has 8 nitrogen and oxygen atoms in total. The molecule has 1 aliphatic rings. The summed E-state index contributed by atoms with van der Waals surface area (Å²) < 4.78 is 39.0. The number of sulfone groups is 1. The molecule has 0 radical (unpaired) electrons. The first-order valence-electron chi connectivity index (χ1n) is 9.98. The summed E-state index contributed by atoms with van der Waals surface area (Å²) in [5.41, 5.74) is 16.4. The molecule has 5 rings (SSSR count). The third-order valence-corrected chi connectivity index (χ3v) is 7.63. The Balaban J connectivity index is 1.66. The summed E-state index contributed by atoms with van der Waals surface area (Å²) in [5, 5.41) is 5.05. The molecule has 1 saturated heterocycles. The number of nitrogen functional groups attached to an aromatic ring is 1. The summed E-state index contributed by atoms with van der Waals surface area (Å²) in [4.78, 5) is 9.28. The molecule has 4 heterocycles. The molecule has 0 saturated carbocycles. The van der Waals surface area contributed by atoms with Gasteiger partial charge in [-0.1, -0.05) is 0 Å². The molecule has 4 aromatic rings. The van der Waals surface area contributed by atoms with Crippen molar-refractivity contribution in [3.8, 4) is 11.1 Å². The van der Waals surface area contributed by atoms with Gasteiger partial charge in [0.05, 0.1) is 28.9 Å². The zero-order valence-electron chi connectivity index (χ0n) is 16.6. The molecule has 1 aromatic carbocycles. The van der Waals surface area contributed by atoms with Crippen LogP contribution in [0.4, 0.5) is 10.2 Å². The largest absolute Gasteiger partial charge is 0.383 e. The van der Waals surface area contributed by atoms with E-state index in [0.29, 0.717) is 46.3 Å². The molecule has 160 valence electrons. The van der Waals surface area contributed by atoms with Crippen LogP contribution in [0.15, 0.2) is 36.7 Å². The minimum atomic E-state index is -3.01. The number of hydrogen-bond acceptors (Lipinski definition) is 7. The molecular weight excluding hydrogens is 419 g/mol. The monoisotopic (exact) mass is 440 g/mol. The molecule has 0 unspecified atom stereocenters. The molecule has 10 heteroatoms. The van der Waals surface area contributed by atoms with Gasteiger partial charge in [0.2, 0.25) is 0 Å². The normalized spacial score (nSPS) is 16.8. The van der Waals surface area contributed by atoms with Crippen molar-refractivity contribution in [1.82, 2.24) is 19.6 Å². The van der Waals surface area contributed by atoms with Gasteiger partial charge in [-0.3, -0.25) is 4.98 Å². The quantitative estimate of drug-likeness (QED) is 0.500. The lowest BCUT2D eigenvalue weighted by Gasteiger charge is -2.24. The van der Waals surface area contributed by atoms with Gasteiger partial charge in [-0.2, -0.15) is 9.61 Å². The lowest BCUT2D eigenvalue weighted by Crippen LogP contribution is -2.25. The molecule has 4 N–H and O–H groups in total. The number of halogens is 1. The molecular formula is C21H21FN6O2S. The highest BCUT2D eigenvalue weighted by Crippen LogP contribution is 2.35. The summed E-state index contributed by atoms with van der Waals surface area (Å²) >= 11 is 0. The lowest BCUT2D eigenvalue weighted by molar-refractivity contribution is 0.542. The van der Waals surface area contributed by atoms with Gasteiger partial charge in [-0.15, -0.1) is 0 Å². The maximum atomic E-state index is 13.7. The van der Waals surface area contributed by atoms with Gasteiger partial charge in [-0.05, 0) is 37.1 Å². The zero-order chi connectivity index (χ0) is 21.8. The molecule has 31 heavy (non-hydrogen) atoms. The van der Waals surface area contributed by atoms with E-state index in [2.05, 4.69) is 10.1 Å². The third-order valence-electron chi connectivity index (χ3n) is 5.92. The number of benzene rings is 1. The van der Waals surface area contributed by atoms with Gasteiger partial charge in [0, 0.05) is 40.7 Å². The zero-order valence-corrected chi connectivity index (χ0v) is 17.4. The van der Waals surface area contributed by atoms with Gasteiger partial charge >= 0.3 is 0 Å². The fourth-order valence-electron chi connectivity index (χ4n) is 4.23. The van der Waals surface area contributed by atoms with Crippen LogP contribution in [0.2, 0.25) is 0 Å². The third kappa shape index (κ3) is 3.41. The Morgan fingerprint density at radius 2 is 1.94 bits per heavy atom. The van der Waals surface area contributed by atoms with E-state index in [4.69, 9.17) is 16.5 Å². The lowest BCUT2D eigenvalue weighted by atomic mass is 9.94. The summed E-state index contributed by atoms with van der Waals surface area (Å²) in [7, 11) is -3.01. The Morgan fingerprint density at radius 1 is 1.16 bits per heavy atom. The van der Waals surface area contributed by atoms with E-state index in [1.165, 1.54) is 16.6 Å². The molecule has 3 aromatic heterocycles. The predicted octanol–water partition coefficient (Wildman–Crippen LogP) is 2.42. The second-order valence-electron chi connectivity index (χ2n) is 7.85. The summed E-state index contributed by atoms with van der Waals surface area (Å²) in [5.74, 6) is 0.264. The topological polar surface area (TPSA) is 129 Å².